The average Bonchev–Trinajstić information content (AvgIpc) is 2.53. The van der Waals surface area contributed by atoms with E-state index in [4.69, 9.17) is 12.2 Å². The Morgan fingerprint density at radius 2 is 1.70 bits per heavy atom. The summed E-state index contributed by atoms with van der Waals surface area (Å²) in [6.07, 6.45) is 10.5. The molecule has 4 heteroatoms. The summed E-state index contributed by atoms with van der Waals surface area (Å²) < 4.78 is 0. The monoisotopic (exact) mass is 334 g/mol. The third-order valence-electron chi connectivity index (χ3n) is 3.84. The van der Waals surface area contributed by atoms with Crippen molar-refractivity contribution >= 4 is 28.8 Å². The van der Waals surface area contributed by atoms with Crippen molar-refractivity contribution in [1.82, 2.24) is 5.32 Å². The zero-order valence-corrected chi connectivity index (χ0v) is 15.3. The minimum atomic E-state index is 0.0615. The molecule has 0 aliphatic carbocycles. The molecule has 0 aliphatic heterocycles. The molecule has 3 nitrogen and oxygen atoms in total. The van der Waals surface area contributed by atoms with Gasteiger partial charge < -0.3 is 10.6 Å². The number of ketones is 1. The normalized spacial score (nSPS) is 10.3. The highest BCUT2D eigenvalue weighted by Gasteiger charge is 2.02. The fourth-order valence-corrected chi connectivity index (χ4v) is 2.67. The number of anilines is 1. The van der Waals surface area contributed by atoms with Gasteiger partial charge >= 0.3 is 0 Å². The Balaban J connectivity index is 2.11. The second-order valence-corrected chi connectivity index (χ2v) is 6.40. The van der Waals surface area contributed by atoms with Gasteiger partial charge in [0.15, 0.2) is 10.9 Å². The van der Waals surface area contributed by atoms with Gasteiger partial charge in [-0.3, -0.25) is 4.79 Å². The number of nitrogens with one attached hydrogen (secondary N) is 2. The van der Waals surface area contributed by atoms with Gasteiger partial charge in [0.25, 0.3) is 0 Å². The largest absolute Gasteiger partial charge is 0.362 e. The number of benzene rings is 1. The van der Waals surface area contributed by atoms with E-state index in [0.29, 0.717) is 10.7 Å². The van der Waals surface area contributed by atoms with E-state index in [1.807, 2.05) is 24.3 Å². The summed E-state index contributed by atoms with van der Waals surface area (Å²) >= 11 is 5.29. The molecule has 0 aromatic heterocycles. The fourth-order valence-electron chi connectivity index (χ4n) is 2.45. The molecule has 0 spiro atoms. The lowest BCUT2D eigenvalue weighted by molar-refractivity contribution is 0.101. The van der Waals surface area contributed by atoms with E-state index in [2.05, 4.69) is 17.6 Å². The van der Waals surface area contributed by atoms with Crippen molar-refractivity contribution in [1.29, 1.82) is 0 Å². The van der Waals surface area contributed by atoms with Crippen LogP contribution in [0.15, 0.2) is 24.3 Å². The summed E-state index contributed by atoms with van der Waals surface area (Å²) in [7, 11) is 0. The van der Waals surface area contributed by atoms with Crippen LogP contribution in [0, 0.1) is 0 Å². The number of carbonyl (C=O) groups excluding carboxylic acids is 1. The average molecular weight is 335 g/mol. The van der Waals surface area contributed by atoms with E-state index < -0.39 is 0 Å². The van der Waals surface area contributed by atoms with Gasteiger partial charge in [0.2, 0.25) is 0 Å². The molecule has 23 heavy (non-hydrogen) atoms. The molecule has 0 fully saturated rings. The molecule has 2 N–H and O–H groups in total. The highest BCUT2D eigenvalue weighted by molar-refractivity contribution is 7.80. The lowest BCUT2D eigenvalue weighted by Gasteiger charge is -2.11. The second kappa shape index (κ2) is 12.1. The summed E-state index contributed by atoms with van der Waals surface area (Å²) in [5.41, 5.74) is 1.55. The third kappa shape index (κ3) is 9.34. The third-order valence-corrected chi connectivity index (χ3v) is 4.09. The second-order valence-electron chi connectivity index (χ2n) is 5.99. The smallest absolute Gasteiger partial charge is 0.170 e. The van der Waals surface area contributed by atoms with Crippen molar-refractivity contribution in [2.24, 2.45) is 0 Å². The van der Waals surface area contributed by atoms with Gasteiger partial charge in [-0.2, -0.15) is 0 Å². The molecule has 0 bridgehead atoms. The Bertz CT molecular complexity index is 488. The first-order valence-corrected chi connectivity index (χ1v) is 9.20. The van der Waals surface area contributed by atoms with Crippen LogP contribution in [0.3, 0.4) is 0 Å². The Morgan fingerprint density at radius 3 is 2.35 bits per heavy atom. The van der Waals surface area contributed by atoms with Crippen LogP contribution in [0.25, 0.3) is 0 Å². The molecule has 0 radical (unpaired) electrons. The molecule has 1 aromatic carbocycles. The molecule has 0 aliphatic rings. The van der Waals surface area contributed by atoms with Crippen molar-refractivity contribution in [3.63, 3.8) is 0 Å². The lowest BCUT2D eigenvalue weighted by atomic mass is 10.1. The maximum absolute atomic E-state index is 11.4. The Kier molecular flexibility index (Phi) is 10.3. The summed E-state index contributed by atoms with van der Waals surface area (Å²) in [6.45, 7) is 4.71. The highest BCUT2D eigenvalue weighted by atomic mass is 32.1. The van der Waals surface area contributed by atoms with Crippen molar-refractivity contribution in [3.8, 4) is 0 Å². The zero-order valence-electron chi connectivity index (χ0n) is 14.5. The predicted molar refractivity (Wildman–Crippen MR) is 103 cm³/mol. The van der Waals surface area contributed by atoms with E-state index in [9.17, 15) is 4.79 Å². The van der Waals surface area contributed by atoms with E-state index in [-0.39, 0.29) is 5.78 Å². The van der Waals surface area contributed by atoms with Gasteiger partial charge in [0.1, 0.15) is 0 Å². The van der Waals surface area contributed by atoms with E-state index in [1.54, 1.807) is 6.92 Å². The van der Waals surface area contributed by atoms with E-state index >= 15 is 0 Å². The number of rotatable bonds is 11. The Morgan fingerprint density at radius 1 is 1.04 bits per heavy atom. The van der Waals surface area contributed by atoms with Crippen LogP contribution in [0.5, 0.6) is 0 Å². The van der Waals surface area contributed by atoms with Crippen LogP contribution in [0.1, 0.15) is 75.6 Å². The summed E-state index contributed by atoms with van der Waals surface area (Å²) in [4.78, 5) is 11.4. The first kappa shape index (κ1) is 19.6. The zero-order chi connectivity index (χ0) is 16.9. The Hall–Kier alpha value is -1.42. The molecule has 0 saturated heterocycles. The quantitative estimate of drug-likeness (QED) is 0.327. The van der Waals surface area contributed by atoms with Crippen molar-refractivity contribution < 1.29 is 4.79 Å². The molecule has 0 saturated carbocycles. The van der Waals surface area contributed by atoms with Crippen molar-refractivity contribution in [2.75, 3.05) is 11.9 Å². The molecular weight excluding hydrogens is 304 g/mol. The van der Waals surface area contributed by atoms with Crippen LogP contribution in [-0.2, 0) is 0 Å². The predicted octanol–water partition coefficient (Wildman–Crippen LogP) is 5.32. The van der Waals surface area contributed by atoms with Crippen LogP contribution in [-0.4, -0.2) is 17.4 Å². The number of unbranched alkanes of at least 4 members (excludes halogenated alkanes) is 7. The van der Waals surface area contributed by atoms with Crippen molar-refractivity contribution in [3.05, 3.63) is 29.8 Å². The topological polar surface area (TPSA) is 41.1 Å². The van der Waals surface area contributed by atoms with Crippen LogP contribution in [0.2, 0.25) is 0 Å². The highest BCUT2D eigenvalue weighted by Crippen LogP contribution is 2.11. The van der Waals surface area contributed by atoms with E-state index in [1.165, 1.54) is 44.9 Å². The minimum absolute atomic E-state index is 0.0615. The SMILES string of the molecule is CCCCCCCCCCNC(=S)Nc1cccc(C(C)=O)c1. The standard InChI is InChI=1S/C19H30N2OS/c1-3-4-5-6-7-8-9-10-14-20-19(23)21-18-13-11-12-17(15-18)16(2)22/h11-13,15H,3-10,14H2,1-2H3,(H2,20,21,23). The maximum Gasteiger partial charge on any atom is 0.170 e. The van der Waals surface area contributed by atoms with Gasteiger partial charge in [-0.25, -0.2) is 0 Å². The molecule has 0 amide bonds. The number of carbonyl (C=O) groups is 1. The van der Waals surface area contributed by atoms with Gasteiger partial charge in [-0.15, -0.1) is 0 Å². The maximum atomic E-state index is 11.4. The first-order chi connectivity index (χ1) is 11.1. The molecular formula is C19H30N2OS. The first-order valence-electron chi connectivity index (χ1n) is 8.79. The van der Waals surface area contributed by atoms with Gasteiger partial charge in [-0.05, 0) is 37.7 Å². The number of Topliss-reactive ketones (excluding diaryl/α,β-unsaturated/α-hetero) is 1. The molecule has 128 valence electrons. The molecule has 0 atom stereocenters. The van der Waals surface area contributed by atoms with Crippen LogP contribution in [0.4, 0.5) is 5.69 Å². The van der Waals surface area contributed by atoms with Crippen molar-refractivity contribution in [2.45, 2.75) is 65.2 Å². The number of hydrogen-bond acceptors (Lipinski definition) is 2. The number of thiocarbonyl (C=S) groups is 1. The summed E-state index contributed by atoms with van der Waals surface area (Å²) in [5.74, 6) is 0.0615. The number of hydrogen-bond donors (Lipinski definition) is 2. The van der Waals surface area contributed by atoms with Gasteiger partial charge in [0.05, 0.1) is 0 Å². The summed E-state index contributed by atoms with van der Waals surface area (Å²) in [6, 6.07) is 7.41. The van der Waals surface area contributed by atoms with E-state index in [0.717, 1.165) is 18.7 Å². The Labute approximate surface area is 146 Å². The molecule has 0 unspecified atom stereocenters. The van der Waals surface area contributed by atoms with Gasteiger partial charge in [-0.1, -0.05) is 64.0 Å². The molecule has 1 rings (SSSR count). The lowest BCUT2D eigenvalue weighted by Crippen LogP contribution is -2.29. The molecule has 0 heterocycles. The van der Waals surface area contributed by atoms with Crippen LogP contribution >= 0.6 is 12.2 Å². The molecule has 1 aromatic rings. The van der Waals surface area contributed by atoms with Crippen LogP contribution < -0.4 is 10.6 Å². The summed E-state index contributed by atoms with van der Waals surface area (Å²) in [5, 5.41) is 6.98. The fraction of sp³-hybridized carbons (Fsp3) is 0.579. The van der Waals surface area contributed by atoms with Gasteiger partial charge in [0, 0.05) is 17.8 Å². The minimum Gasteiger partial charge on any atom is -0.362 e.